The standard InChI is InChI=1S/C16H15N3O4S/c1-18(2)16(21)24-12-9-7-11(8-10-12)17-15(20)13-5-3-4-6-14(13)19(22)23/h3-10H,1-2H3,(H,17,20). The number of rotatable bonds is 4. The van der Waals surface area contributed by atoms with E-state index in [9.17, 15) is 19.7 Å². The molecule has 0 spiro atoms. The maximum Gasteiger partial charge on any atom is 0.285 e. The highest BCUT2D eigenvalue weighted by atomic mass is 32.2. The van der Waals surface area contributed by atoms with Gasteiger partial charge in [-0.15, -0.1) is 0 Å². The fourth-order valence-corrected chi connectivity index (χ4v) is 2.48. The van der Waals surface area contributed by atoms with E-state index in [1.165, 1.54) is 23.1 Å². The van der Waals surface area contributed by atoms with Crippen molar-refractivity contribution in [2.75, 3.05) is 19.4 Å². The molecule has 0 saturated heterocycles. The minimum Gasteiger partial charge on any atom is -0.339 e. The van der Waals surface area contributed by atoms with Crippen molar-refractivity contribution in [3.63, 3.8) is 0 Å². The second kappa shape index (κ2) is 7.60. The van der Waals surface area contributed by atoms with Crippen LogP contribution in [0.15, 0.2) is 53.4 Å². The summed E-state index contributed by atoms with van der Waals surface area (Å²) in [6, 6.07) is 12.4. The maximum atomic E-state index is 12.2. The van der Waals surface area contributed by atoms with Gasteiger partial charge in [0.05, 0.1) is 4.92 Å². The fraction of sp³-hybridized carbons (Fsp3) is 0.125. The Morgan fingerprint density at radius 2 is 1.71 bits per heavy atom. The van der Waals surface area contributed by atoms with E-state index in [0.717, 1.165) is 16.7 Å². The number of nitro groups is 1. The molecule has 0 atom stereocenters. The molecule has 2 amide bonds. The van der Waals surface area contributed by atoms with Crippen LogP contribution in [0.1, 0.15) is 10.4 Å². The topological polar surface area (TPSA) is 92.6 Å². The molecule has 8 heteroatoms. The normalized spacial score (nSPS) is 10.1. The lowest BCUT2D eigenvalue weighted by Crippen LogP contribution is -2.16. The third-order valence-corrected chi connectivity index (χ3v) is 4.08. The van der Waals surface area contributed by atoms with Crippen molar-refractivity contribution >= 4 is 34.3 Å². The molecule has 0 bridgehead atoms. The molecule has 0 aliphatic carbocycles. The van der Waals surface area contributed by atoms with Crippen molar-refractivity contribution in [2.24, 2.45) is 0 Å². The van der Waals surface area contributed by atoms with E-state index >= 15 is 0 Å². The van der Waals surface area contributed by atoms with Crippen LogP contribution < -0.4 is 5.32 Å². The molecule has 2 aromatic carbocycles. The monoisotopic (exact) mass is 345 g/mol. The quantitative estimate of drug-likeness (QED) is 0.519. The zero-order chi connectivity index (χ0) is 17.7. The van der Waals surface area contributed by atoms with Crippen LogP contribution in [0.2, 0.25) is 0 Å². The molecule has 1 N–H and O–H groups in total. The largest absolute Gasteiger partial charge is 0.339 e. The van der Waals surface area contributed by atoms with Crippen LogP contribution in [0.3, 0.4) is 0 Å². The van der Waals surface area contributed by atoms with Gasteiger partial charge in [0.15, 0.2) is 0 Å². The van der Waals surface area contributed by atoms with Gasteiger partial charge in [0, 0.05) is 30.7 Å². The molecule has 0 fully saturated rings. The number of hydrogen-bond acceptors (Lipinski definition) is 5. The average molecular weight is 345 g/mol. The van der Waals surface area contributed by atoms with Crippen molar-refractivity contribution in [1.29, 1.82) is 0 Å². The number of thioether (sulfide) groups is 1. The van der Waals surface area contributed by atoms with Gasteiger partial charge in [-0.3, -0.25) is 19.7 Å². The molecule has 124 valence electrons. The summed E-state index contributed by atoms with van der Waals surface area (Å²) in [5.74, 6) is -0.563. The van der Waals surface area contributed by atoms with Gasteiger partial charge in [-0.2, -0.15) is 0 Å². The van der Waals surface area contributed by atoms with Crippen LogP contribution >= 0.6 is 11.8 Å². The zero-order valence-corrected chi connectivity index (χ0v) is 13.9. The lowest BCUT2D eigenvalue weighted by Gasteiger charge is -2.10. The number of nitrogens with zero attached hydrogens (tertiary/aromatic N) is 2. The Labute approximate surface area is 142 Å². The first kappa shape index (κ1) is 17.5. The first-order chi connectivity index (χ1) is 11.4. The summed E-state index contributed by atoms with van der Waals surface area (Å²) in [5.41, 5.74) is 0.224. The van der Waals surface area contributed by atoms with Crippen molar-refractivity contribution in [2.45, 2.75) is 4.90 Å². The van der Waals surface area contributed by atoms with Gasteiger partial charge in [0.25, 0.3) is 16.8 Å². The SMILES string of the molecule is CN(C)C(=O)Sc1ccc(NC(=O)c2ccccc2[N+](=O)[O-])cc1. The molecule has 2 rings (SSSR count). The molecule has 2 aromatic rings. The Hall–Kier alpha value is -2.87. The first-order valence-electron chi connectivity index (χ1n) is 6.92. The van der Waals surface area contributed by atoms with E-state index < -0.39 is 10.8 Å². The summed E-state index contributed by atoms with van der Waals surface area (Å²) in [7, 11) is 3.33. The smallest absolute Gasteiger partial charge is 0.285 e. The van der Waals surface area contributed by atoms with Crippen molar-refractivity contribution in [3.05, 3.63) is 64.2 Å². The van der Waals surface area contributed by atoms with Gasteiger partial charge >= 0.3 is 0 Å². The summed E-state index contributed by atoms with van der Waals surface area (Å²) >= 11 is 1.07. The Balaban J connectivity index is 2.10. The van der Waals surface area contributed by atoms with E-state index in [4.69, 9.17) is 0 Å². The Bertz CT molecular complexity index is 775. The maximum absolute atomic E-state index is 12.2. The Morgan fingerprint density at radius 3 is 2.29 bits per heavy atom. The van der Waals surface area contributed by atoms with Gasteiger partial charge in [-0.25, -0.2) is 0 Å². The molecule has 0 saturated carbocycles. The minimum atomic E-state index is -0.596. The molecular formula is C16H15N3O4S. The highest BCUT2D eigenvalue weighted by Gasteiger charge is 2.19. The van der Waals surface area contributed by atoms with Crippen LogP contribution in [-0.2, 0) is 0 Å². The van der Waals surface area contributed by atoms with Gasteiger partial charge in [0.1, 0.15) is 5.56 Å². The number of carbonyl (C=O) groups is 2. The molecule has 0 aliphatic heterocycles. The average Bonchev–Trinajstić information content (AvgIpc) is 2.56. The number of nitrogens with one attached hydrogen (secondary N) is 1. The number of anilines is 1. The molecule has 0 heterocycles. The molecule has 24 heavy (non-hydrogen) atoms. The molecule has 7 nitrogen and oxygen atoms in total. The predicted octanol–water partition coefficient (Wildman–Crippen LogP) is 3.62. The fourth-order valence-electron chi connectivity index (χ4n) is 1.82. The van der Waals surface area contributed by atoms with Crippen LogP contribution in [0.4, 0.5) is 16.2 Å². The summed E-state index contributed by atoms with van der Waals surface area (Å²) in [6.07, 6.45) is 0. The Morgan fingerprint density at radius 1 is 1.08 bits per heavy atom. The van der Waals surface area contributed by atoms with E-state index in [0.29, 0.717) is 5.69 Å². The van der Waals surface area contributed by atoms with E-state index in [1.807, 2.05) is 0 Å². The zero-order valence-electron chi connectivity index (χ0n) is 13.1. The van der Waals surface area contributed by atoms with Gasteiger partial charge < -0.3 is 10.2 Å². The van der Waals surface area contributed by atoms with E-state index in [2.05, 4.69) is 5.32 Å². The van der Waals surface area contributed by atoms with Crippen LogP contribution in [0.25, 0.3) is 0 Å². The van der Waals surface area contributed by atoms with Crippen molar-refractivity contribution in [1.82, 2.24) is 4.90 Å². The van der Waals surface area contributed by atoms with E-state index in [1.54, 1.807) is 44.4 Å². The molecule has 0 aliphatic rings. The minimum absolute atomic E-state index is 0.0104. The Kier molecular flexibility index (Phi) is 5.54. The summed E-state index contributed by atoms with van der Waals surface area (Å²) in [5, 5.41) is 13.5. The van der Waals surface area contributed by atoms with Gasteiger partial charge in [0.2, 0.25) is 0 Å². The number of amides is 2. The summed E-state index contributed by atoms with van der Waals surface area (Å²) in [6.45, 7) is 0. The lowest BCUT2D eigenvalue weighted by atomic mass is 10.1. The van der Waals surface area contributed by atoms with Gasteiger partial charge in [-0.05, 0) is 42.1 Å². The number of hydrogen-bond donors (Lipinski definition) is 1. The van der Waals surface area contributed by atoms with E-state index in [-0.39, 0.29) is 16.5 Å². The number of para-hydroxylation sites is 1. The lowest BCUT2D eigenvalue weighted by molar-refractivity contribution is -0.385. The molecular weight excluding hydrogens is 330 g/mol. The van der Waals surface area contributed by atoms with Crippen LogP contribution in [0, 0.1) is 10.1 Å². The van der Waals surface area contributed by atoms with Crippen LogP contribution in [-0.4, -0.2) is 35.1 Å². The third-order valence-electron chi connectivity index (χ3n) is 3.03. The number of nitro benzene ring substituents is 1. The van der Waals surface area contributed by atoms with Crippen molar-refractivity contribution < 1.29 is 14.5 Å². The first-order valence-corrected chi connectivity index (χ1v) is 7.74. The highest BCUT2D eigenvalue weighted by molar-refractivity contribution is 8.13. The predicted molar refractivity (Wildman–Crippen MR) is 92.4 cm³/mol. The van der Waals surface area contributed by atoms with Crippen LogP contribution in [0.5, 0.6) is 0 Å². The number of benzene rings is 2. The second-order valence-corrected chi connectivity index (χ2v) is 6.04. The molecule has 0 unspecified atom stereocenters. The second-order valence-electron chi connectivity index (χ2n) is 5.02. The van der Waals surface area contributed by atoms with Gasteiger partial charge in [-0.1, -0.05) is 12.1 Å². The highest BCUT2D eigenvalue weighted by Crippen LogP contribution is 2.23. The van der Waals surface area contributed by atoms with Crippen molar-refractivity contribution in [3.8, 4) is 0 Å². The summed E-state index contributed by atoms with van der Waals surface area (Å²) < 4.78 is 0. The number of carbonyl (C=O) groups excluding carboxylic acids is 2. The third kappa shape index (κ3) is 4.32. The molecule has 0 aromatic heterocycles. The summed E-state index contributed by atoms with van der Waals surface area (Å²) in [4.78, 5) is 36.4. The molecule has 0 radical (unpaired) electrons.